The quantitative estimate of drug-likeness (QED) is 0.0200. The zero-order valence-electron chi connectivity index (χ0n) is 22.4. The van der Waals surface area contributed by atoms with E-state index in [1.807, 2.05) is 38.1 Å². The van der Waals surface area contributed by atoms with Crippen molar-refractivity contribution in [2.45, 2.75) is 0 Å². The van der Waals surface area contributed by atoms with Gasteiger partial charge < -0.3 is 23.7 Å². The molecule has 0 aromatic rings. The maximum absolute atomic E-state index is 11.2. The summed E-state index contributed by atoms with van der Waals surface area (Å²) in [5.74, 6) is 19.3. The highest BCUT2D eigenvalue weighted by Gasteiger charge is 2.32. The van der Waals surface area contributed by atoms with Crippen LogP contribution in [0.15, 0.2) is 0 Å². The molecule has 0 spiro atoms. The van der Waals surface area contributed by atoms with Gasteiger partial charge in [-0.05, 0) is 0 Å². The lowest BCUT2D eigenvalue weighted by atomic mass is 9.92. The van der Waals surface area contributed by atoms with Crippen molar-refractivity contribution in [3.05, 3.63) is 0 Å². The molecule has 23 nitrogen and oxygen atoms in total. The van der Waals surface area contributed by atoms with Gasteiger partial charge in [-0.2, -0.15) is 0 Å². The number of carbonyl (C=O) groups is 4. The minimum absolute atomic E-state index is 0.0193. The first-order valence-corrected chi connectivity index (χ1v) is 11.9. The summed E-state index contributed by atoms with van der Waals surface area (Å²) in [6, 6.07) is -2.24. The Morgan fingerprint density at radius 2 is 0.780 bits per heavy atom. The minimum Gasteiger partial charge on any atom is -0.378 e. The number of amides is 7. The first-order chi connectivity index (χ1) is 19.8. The highest BCUT2D eigenvalue weighted by molar-refractivity contribution is 5.76. The second-order valence-corrected chi connectivity index (χ2v) is 7.60. The summed E-state index contributed by atoms with van der Waals surface area (Å²) in [6.45, 7) is 0.143. The largest absolute Gasteiger partial charge is 0.378 e. The summed E-state index contributed by atoms with van der Waals surface area (Å²) >= 11 is 0. The number of hydrogen-bond donors (Lipinski definition) is 11. The maximum Gasteiger partial charge on any atom is 0.352 e. The molecule has 0 aromatic heterocycles. The van der Waals surface area contributed by atoms with E-state index in [4.69, 9.17) is 61.6 Å². The van der Waals surface area contributed by atoms with E-state index >= 15 is 0 Å². The van der Waals surface area contributed by atoms with Gasteiger partial charge >= 0.3 is 18.1 Å². The number of urea groups is 3. The van der Waals surface area contributed by atoms with Gasteiger partial charge in [0.2, 0.25) is 0 Å². The Kier molecular flexibility index (Phi) is 23.7. The summed E-state index contributed by atoms with van der Waals surface area (Å²) in [6.07, 6.45) is 0. The third-order valence-electron chi connectivity index (χ3n) is 4.28. The van der Waals surface area contributed by atoms with Crippen molar-refractivity contribution < 1.29 is 57.4 Å². The average molecular weight is 604 g/mol. The number of nitrogens with two attached hydrogens (primary N) is 4. The third-order valence-corrected chi connectivity index (χ3v) is 4.28. The molecule has 0 saturated carbocycles. The van der Waals surface area contributed by atoms with Gasteiger partial charge in [0.1, 0.15) is 6.61 Å². The Morgan fingerprint density at radius 3 is 1.10 bits per heavy atom. The topological polar surface area (TPSA) is 330 Å². The Bertz CT molecular complexity index is 608. The fourth-order valence-electron chi connectivity index (χ4n) is 2.47. The van der Waals surface area contributed by atoms with Gasteiger partial charge in [0.25, 0.3) is 5.91 Å². The average Bonchev–Trinajstić information content (AvgIpc) is 2.99. The molecule has 7 amide bonds. The molecule has 0 rings (SSSR count). The monoisotopic (exact) mass is 603 g/mol. The van der Waals surface area contributed by atoms with E-state index in [9.17, 15) is 19.2 Å². The summed E-state index contributed by atoms with van der Waals surface area (Å²) in [7, 11) is 0. The van der Waals surface area contributed by atoms with Crippen LogP contribution in [0.4, 0.5) is 14.4 Å². The number of hydrazine groups is 4. The molecule has 0 aliphatic rings. The van der Waals surface area contributed by atoms with Gasteiger partial charge in [-0.3, -0.25) is 41.0 Å². The normalized spacial score (nSPS) is 10.9. The van der Waals surface area contributed by atoms with Crippen molar-refractivity contribution in [2.75, 3.05) is 85.9 Å². The Morgan fingerprint density at radius 1 is 0.463 bits per heavy atom. The summed E-state index contributed by atoms with van der Waals surface area (Å²) in [4.78, 5) is 59.1. The first kappa shape index (κ1) is 37.8. The molecule has 0 atom stereocenters. The van der Waals surface area contributed by atoms with Gasteiger partial charge in [0.05, 0.1) is 84.7 Å². The molecular weight excluding hydrogens is 562 g/mol. The van der Waals surface area contributed by atoms with E-state index in [0.29, 0.717) is 0 Å². The summed E-state index contributed by atoms with van der Waals surface area (Å²) in [5, 5.41) is 0. The van der Waals surface area contributed by atoms with Crippen molar-refractivity contribution in [2.24, 2.45) is 28.8 Å². The number of hydroxylamine groups is 3. The van der Waals surface area contributed by atoms with E-state index < -0.39 is 29.4 Å². The van der Waals surface area contributed by atoms with E-state index in [2.05, 4.69) is 0 Å². The summed E-state index contributed by atoms with van der Waals surface area (Å²) in [5.41, 5.74) is 12.6. The predicted molar refractivity (Wildman–Crippen MR) is 134 cm³/mol. The molecule has 0 aliphatic heterocycles. The molecule has 0 radical (unpaired) electrons. The van der Waals surface area contributed by atoms with E-state index in [1.54, 1.807) is 0 Å². The lowest BCUT2D eigenvalue weighted by Crippen LogP contribution is -2.44. The van der Waals surface area contributed by atoms with Crippen molar-refractivity contribution in [1.82, 2.24) is 38.1 Å². The minimum atomic E-state index is -0.916. The maximum atomic E-state index is 11.2. The summed E-state index contributed by atoms with van der Waals surface area (Å²) < 4.78 is 28.0. The fourth-order valence-corrected chi connectivity index (χ4v) is 2.47. The van der Waals surface area contributed by atoms with E-state index in [0.717, 1.165) is 0 Å². The number of rotatable bonds is 25. The molecule has 0 fully saturated rings. The molecule has 0 heterocycles. The van der Waals surface area contributed by atoms with Gasteiger partial charge in [-0.15, -0.1) is 0 Å². The van der Waals surface area contributed by atoms with Gasteiger partial charge in [-0.1, -0.05) is 0 Å². The molecule has 0 aliphatic carbocycles. The highest BCUT2D eigenvalue weighted by atomic mass is 16.7. The van der Waals surface area contributed by atoms with Gasteiger partial charge in [0.15, 0.2) is 0 Å². The van der Waals surface area contributed by atoms with Crippen LogP contribution in [0.1, 0.15) is 0 Å². The molecule has 23 heteroatoms. The Labute approximate surface area is 234 Å². The van der Waals surface area contributed by atoms with E-state index in [1.165, 1.54) is 0 Å². The molecule has 0 saturated heterocycles. The highest BCUT2D eigenvalue weighted by Crippen LogP contribution is 2.21. The van der Waals surface area contributed by atoms with Crippen LogP contribution in [-0.4, -0.2) is 110 Å². The van der Waals surface area contributed by atoms with Crippen molar-refractivity contribution in [3.63, 3.8) is 0 Å². The predicted octanol–water partition coefficient (Wildman–Crippen LogP) is -5.64. The van der Waals surface area contributed by atoms with Crippen LogP contribution in [0.2, 0.25) is 0 Å². The second kappa shape index (κ2) is 25.7. The van der Waals surface area contributed by atoms with Crippen molar-refractivity contribution in [3.8, 4) is 0 Å². The molecule has 240 valence electrons. The van der Waals surface area contributed by atoms with Crippen LogP contribution in [0.3, 0.4) is 0 Å². The number of hydrogen-bond acceptors (Lipinski definition) is 16. The van der Waals surface area contributed by atoms with Crippen LogP contribution in [0.5, 0.6) is 0 Å². The van der Waals surface area contributed by atoms with Crippen molar-refractivity contribution >= 4 is 24.0 Å². The zero-order chi connectivity index (χ0) is 30.6. The molecule has 41 heavy (non-hydrogen) atoms. The zero-order valence-corrected chi connectivity index (χ0v) is 22.4. The Hall–Kier alpha value is -3.20. The molecular formula is C18H41N11O12. The SMILES string of the molecule is NNC(=O)COCCOCC(COCCONC(=O)NN)(COCCONC(=O)NN)COCCONC(=O)NN. The molecule has 0 bridgehead atoms. The van der Waals surface area contributed by atoms with Crippen molar-refractivity contribution in [1.29, 1.82) is 0 Å². The lowest BCUT2D eigenvalue weighted by Gasteiger charge is -2.33. The van der Waals surface area contributed by atoms with E-state index in [-0.39, 0.29) is 85.9 Å². The van der Waals surface area contributed by atoms with Crippen LogP contribution in [-0.2, 0) is 43.0 Å². The van der Waals surface area contributed by atoms with Crippen LogP contribution in [0, 0.1) is 5.41 Å². The number of nitrogens with one attached hydrogen (secondary N) is 7. The Balaban J connectivity index is 5.04. The van der Waals surface area contributed by atoms with Gasteiger partial charge in [-0.25, -0.2) is 54.2 Å². The third kappa shape index (κ3) is 22.2. The smallest absolute Gasteiger partial charge is 0.352 e. The standard InChI is InChI=1S/C18H41N11O12/c19-23-14(30)9-34-1-2-35-10-18(11-36-3-6-39-27-15(31)24-20,12-37-4-7-40-28-16(32)25-21)13-38-5-8-41-29-17(33)26-22/h1-13,19-22H2,(H,23,30)(H2,24,27,31)(H2,25,28,32)(H2,26,29,33). The lowest BCUT2D eigenvalue weighted by molar-refractivity contribution is -0.130. The molecule has 0 aromatic carbocycles. The van der Waals surface area contributed by atoms with Gasteiger partial charge in [0, 0.05) is 0 Å². The van der Waals surface area contributed by atoms with Crippen LogP contribution in [0.25, 0.3) is 0 Å². The number of ether oxygens (including phenoxy) is 5. The molecule has 0 unspecified atom stereocenters. The van der Waals surface area contributed by atoms with Crippen LogP contribution >= 0.6 is 0 Å². The molecule has 15 N–H and O–H groups in total. The number of carbonyl (C=O) groups excluding carboxylic acids is 4. The van der Waals surface area contributed by atoms with Crippen LogP contribution < -0.4 is 61.5 Å². The first-order valence-electron chi connectivity index (χ1n) is 11.9. The second-order valence-electron chi connectivity index (χ2n) is 7.60. The fraction of sp³-hybridized carbons (Fsp3) is 0.778.